The Labute approximate surface area is 199 Å². The molecule has 3 aromatic rings. The largest absolute Gasteiger partial charge is 0.322 e. The van der Waals surface area contributed by atoms with Gasteiger partial charge in [-0.15, -0.1) is 0 Å². The van der Waals surface area contributed by atoms with Gasteiger partial charge in [0, 0.05) is 25.1 Å². The van der Waals surface area contributed by atoms with Gasteiger partial charge in [0.25, 0.3) is 11.8 Å². The van der Waals surface area contributed by atoms with Gasteiger partial charge in [0.1, 0.15) is 0 Å². The minimum Gasteiger partial charge on any atom is -0.322 e. The highest BCUT2D eigenvalue weighted by atomic mass is 16.2. The number of amides is 3. The topological polar surface area (TPSA) is 69.7 Å². The molecule has 1 fully saturated rings. The fraction of sp³-hybridized carbons (Fsp3) is 0.250. The Morgan fingerprint density at radius 3 is 2.47 bits per heavy atom. The van der Waals surface area contributed by atoms with E-state index in [1.165, 1.54) is 0 Å². The highest BCUT2D eigenvalue weighted by molar-refractivity contribution is 6.18. The van der Waals surface area contributed by atoms with Crippen molar-refractivity contribution < 1.29 is 14.4 Å². The summed E-state index contributed by atoms with van der Waals surface area (Å²) < 4.78 is 0. The lowest BCUT2D eigenvalue weighted by Crippen LogP contribution is -2.69. The molecule has 6 heteroatoms. The van der Waals surface area contributed by atoms with Gasteiger partial charge < -0.3 is 10.2 Å². The molecule has 3 aromatic carbocycles. The maximum Gasteiger partial charge on any atom is 0.271 e. The maximum atomic E-state index is 14.2. The first kappa shape index (κ1) is 21.9. The van der Waals surface area contributed by atoms with Crippen molar-refractivity contribution in [3.63, 3.8) is 0 Å². The first-order valence-corrected chi connectivity index (χ1v) is 11.7. The summed E-state index contributed by atoms with van der Waals surface area (Å²) in [6.07, 6.45) is 1.18. The van der Waals surface area contributed by atoms with E-state index in [-0.39, 0.29) is 37.1 Å². The van der Waals surface area contributed by atoms with E-state index in [2.05, 4.69) is 5.32 Å². The number of para-hydroxylation sites is 2. The van der Waals surface area contributed by atoms with Crippen molar-refractivity contribution in [2.24, 2.45) is 0 Å². The Bertz CT molecular complexity index is 1290. The molecule has 5 rings (SSSR count). The average Bonchev–Trinajstić information content (AvgIpc) is 3.22. The summed E-state index contributed by atoms with van der Waals surface area (Å²) in [4.78, 5) is 44.4. The van der Waals surface area contributed by atoms with Gasteiger partial charge in [-0.1, -0.05) is 67.6 Å². The minimum absolute atomic E-state index is 0.159. The van der Waals surface area contributed by atoms with Crippen LogP contribution in [0.15, 0.2) is 72.8 Å². The van der Waals surface area contributed by atoms with Crippen molar-refractivity contribution in [2.45, 2.75) is 45.3 Å². The van der Waals surface area contributed by atoms with E-state index >= 15 is 0 Å². The summed E-state index contributed by atoms with van der Waals surface area (Å²) in [7, 11) is 0. The molecule has 34 heavy (non-hydrogen) atoms. The van der Waals surface area contributed by atoms with Crippen LogP contribution in [0.3, 0.4) is 0 Å². The quantitative estimate of drug-likeness (QED) is 0.610. The number of carbonyl (C=O) groups excluding carboxylic acids is 3. The zero-order valence-corrected chi connectivity index (χ0v) is 19.4. The monoisotopic (exact) mass is 453 g/mol. The second-order valence-corrected chi connectivity index (χ2v) is 8.86. The van der Waals surface area contributed by atoms with Crippen molar-refractivity contribution in [2.75, 3.05) is 10.2 Å². The van der Waals surface area contributed by atoms with Crippen LogP contribution in [0, 0.1) is 6.92 Å². The number of carbonyl (C=O) groups is 3. The number of benzene rings is 3. The standard InChI is InChI=1S/C28H27N3O3/c1-3-21-13-9-10-19(2)25(21)29-27(34)28-17-16-24(32)31(28)23-15-8-7-14-22(23)26(33)30(28)18-20-11-5-4-6-12-20/h4-15H,3,16-18H2,1-2H3,(H,29,34)/t28-/m0/s1. The van der Waals surface area contributed by atoms with Crippen LogP contribution >= 0.6 is 0 Å². The predicted molar refractivity (Wildman–Crippen MR) is 131 cm³/mol. The van der Waals surface area contributed by atoms with E-state index in [4.69, 9.17) is 0 Å². The van der Waals surface area contributed by atoms with Gasteiger partial charge in [-0.3, -0.25) is 19.3 Å². The fourth-order valence-corrected chi connectivity index (χ4v) is 5.19. The van der Waals surface area contributed by atoms with Gasteiger partial charge in [0.2, 0.25) is 11.6 Å². The molecule has 0 spiro atoms. The lowest BCUT2D eigenvalue weighted by atomic mass is 9.94. The summed E-state index contributed by atoms with van der Waals surface area (Å²) in [6, 6.07) is 22.5. The number of nitrogens with zero attached hydrogens (tertiary/aromatic N) is 2. The molecule has 172 valence electrons. The predicted octanol–water partition coefficient (Wildman–Crippen LogP) is 4.68. The molecule has 2 aliphatic heterocycles. The van der Waals surface area contributed by atoms with Crippen LogP contribution in [-0.4, -0.2) is 28.3 Å². The third kappa shape index (κ3) is 3.29. The molecule has 0 bridgehead atoms. The van der Waals surface area contributed by atoms with Gasteiger partial charge >= 0.3 is 0 Å². The van der Waals surface area contributed by atoms with E-state index in [0.717, 1.165) is 28.8 Å². The number of anilines is 2. The third-order valence-electron chi connectivity index (χ3n) is 6.90. The number of nitrogens with one attached hydrogen (secondary N) is 1. The van der Waals surface area contributed by atoms with Crippen LogP contribution in [0.2, 0.25) is 0 Å². The molecule has 1 atom stereocenters. The summed E-state index contributed by atoms with van der Waals surface area (Å²) in [5, 5.41) is 3.12. The van der Waals surface area contributed by atoms with Crippen molar-refractivity contribution in [1.29, 1.82) is 0 Å². The molecule has 1 N–H and O–H groups in total. The smallest absolute Gasteiger partial charge is 0.271 e. The highest BCUT2D eigenvalue weighted by Gasteiger charge is 2.60. The Morgan fingerprint density at radius 2 is 1.71 bits per heavy atom. The second kappa shape index (κ2) is 8.45. The Balaban J connectivity index is 1.66. The van der Waals surface area contributed by atoms with Crippen molar-refractivity contribution in [1.82, 2.24) is 4.90 Å². The molecule has 0 aliphatic carbocycles. The molecule has 0 unspecified atom stereocenters. The summed E-state index contributed by atoms with van der Waals surface area (Å²) in [5.41, 5.74) is 3.08. The van der Waals surface area contributed by atoms with Gasteiger partial charge in [-0.05, 0) is 42.2 Å². The summed E-state index contributed by atoms with van der Waals surface area (Å²) >= 11 is 0. The molecule has 2 aliphatic rings. The second-order valence-electron chi connectivity index (χ2n) is 8.86. The molecule has 0 aromatic heterocycles. The molecular formula is C28H27N3O3. The molecule has 1 saturated heterocycles. The van der Waals surface area contributed by atoms with Crippen LogP contribution in [0.25, 0.3) is 0 Å². The number of hydrogen-bond donors (Lipinski definition) is 1. The number of rotatable bonds is 5. The highest BCUT2D eigenvalue weighted by Crippen LogP contribution is 2.45. The van der Waals surface area contributed by atoms with Crippen LogP contribution < -0.4 is 10.2 Å². The SMILES string of the molecule is CCc1cccc(C)c1NC(=O)[C@]12CCC(=O)N1c1ccccc1C(=O)N2Cc1ccccc1. The van der Waals surface area contributed by atoms with E-state index in [1.807, 2.05) is 62.4 Å². The molecule has 0 saturated carbocycles. The Morgan fingerprint density at radius 1 is 0.971 bits per heavy atom. The molecule has 6 nitrogen and oxygen atoms in total. The average molecular weight is 454 g/mol. The first-order valence-electron chi connectivity index (χ1n) is 11.7. The van der Waals surface area contributed by atoms with E-state index in [1.54, 1.807) is 34.1 Å². The first-order chi connectivity index (χ1) is 16.5. The Kier molecular flexibility index (Phi) is 5.44. The van der Waals surface area contributed by atoms with E-state index in [9.17, 15) is 14.4 Å². The molecule has 3 amide bonds. The minimum atomic E-state index is -1.44. The molecule has 2 heterocycles. The normalized spacial score (nSPS) is 19.1. The van der Waals surface area contributed by atoms with Crippen molar-refractivity contribution in [3.05, 3.63) is 95.1 Å². The maximum absolute atomic E-state index is 14.2. The lowest BCUT2D eigenvalue weighted by Gasteiger charge is -2.49. The number of hydrogen-bond acceptors (Lipinski definition) is 3. The lowest BCUT2D eigenvalue weighted by molar-refractivity contribution is -0.129. The zero-order valence-electron chi connectivity index (χ0n) is 19.4. The summed E-state index contributed by atoms with van der Waals surface area (Å²) in [5.74, 6) is -0.768. The van der Waals surface area contributed by atoms with E-state index in [0.29, 0.717) is 11.3 Å². The zero-order chi connectivity index (χ0) is 23.9. The van der Waals surface area contributed by atoms with Crippen LogP contribution in [0.4, 0.5) is 11.4 Å². The fourth-order valence-electron chi connectivity index (χ4n) is 5.19. The number of fused-ring (bicyclic) bond motifs is 3. The summed E-state index contributed by atoms with van der Waals surface area (Å²) in [6.45, 7) is 4.21. The van der Waals surface area contributed by atoms with Gasteiger partial charge in [0.15, 0.2) is 0 Å². The van der Waals surface area contributed by atoms with Crippen LogP contribution in [-0.2, 0) is 22.6 Å². The molecular weight excluding hydrogens is 426 g/mol. The van der Waals surface area contributed by atoms with Crippen molar-refractivity contribution >= 4 is 29.1 Å². The third-order valence-corrected chi connectivity index (χ3v) is 6.90. The van der Waals surface area contributed by atoms with Crippen molar-refractivity contribution in [3.8, 4) is 0 Å². The van der Waals surface area contributed by atoms with E-state index < -0.39 is 5.66 Å². The van der Waals surface area contributed by atoms with Gasteiger partial charge in [0.05, 0.1) is 11.3 Å². The van der Waals surface area contributed by atoms with Crippen LogP contribution in [0.5, 0.6) is 0 Å². The Hall–Kier alpha value is -3.93. The number of aryl methyl sites for hydroxylation is 2. The van der Waals surface area contributed by atoms with Gasteiger partial charge in [-0.25, -0.2) is 0 Å². The molecule has 0 radical (unpaired) electrons. The van der Waals surface area contributed by atoms with Crippen LogP contribution in [0.1, 0.15) is 46.8 Å². The van der Waals surface area contributed by atoms with Gasteiger partial charge in [-0.2, -0.15) is 0 Å².